The highest BCUT2D eigenvalue weighted by Gasteiger charge is 2.18. The Kier molecular flexibility index (Phi) is 4.61. The fourth-order valence-corrected chi connectivity index (χ4v) is 2.39. The molecular formula is C17H21NO2. The molecule has 2 aromatic rings. The molecule has 1 heterocycles. The Hall–Kier alpha value is -2.03. The molecule has 0 radical (unpaired) electrons. The van der Waals surface area contributed by atoms with Crippen molar-refractivity contribution in [3.8, 4) is 0 Å². The lowest BCUT2D eigenvalue weighted by Crippen LogP contribution is -2.28. The van der Waals surface area contributed by atoms with Crippen molar-refractivity contribution in [1.82, 2.24) is 5.32 Å². The van der Waals surface area contributed by atoms with Gasteiger partial charge >= 0.3 is 0 Å². The summed E-state index contributed by atoms with van der Waals surface area (Å²) in [6.45, 7) is 5.79. The van der Waals surface area contributed by atoms with E-state index >= 15 is 0 Å². The fourth-order valence-electron chi connectivity index (χ4n) is 2.39. The Morgan fingerprint density at radius 3 is 2.50 bits per heavy atom. The van der Waals surface area contributed by atoms with Crippen molar-refractivity contribution in [3.63, 3.8) is 0 Å². The van der Waals surface area contributed by atoms with E-state index in [1.807, 2.05) is 44.2 Å². The molecule has 106 valence electrons. The lowest BCUT2D eigenvalue weighted by atomic mass is 10.0. The summed E-state index contributed by atoms with van der Waals surface area (Å²) in [5.74, 6) is 1.37. The van der Waals surface area contributed by atoms with Crippen LogP contribution in [-0.4, -0.2) is 5.91 Å². The molecule has 2 rings (SSSR count). The predicted octanol–water partition coefficient (Wildman–Crippen LogP) is 4.17. The fraction of sp³-hybridized carbons (Fsp3) is 0.353. The van der Waals surface area contributed by atoms with Crippen LogP contribution in [0, 0.1) is 13.8 Å². The van der Waals surface area contributed by atoms with Gasteiger partial charge in [-0.05, 0) is 31.9 Å². The minimum Gasteiger partial charge on any atom is -0.466 e. The van der Waals surface area contributed by atoms with Crippen LogP contribution in [0.1, 0.15) is 53.2 Å². The van der Waals surface area contributed by atoms with Gasteiger partial charge in [0.2, 0.25) is 0 Å². The summed E-state index contributed by atoms with van der Waals surface area (Å²) < 4.78 is 5.42. The topological polar surface area (TPSA) is 42.2 Å². The average molecular weight is 271 g/mol. The minimum atomic E-state index is -0.0679. The number of carbonyl (C=O) groups excluding carboxylic acids is 1. The number of hydrogen-bond donors (Lipinski definition) is 1. The van der Waals surface area contributed by atoms with Crippen LogP contribution in [0.25, 0.3) is 0 Å². The number of hydrogen-bond acceptors (Lipinski definition) is 2. The third kappa shape index (κ3) is 3.29. The summed E-state index contributed by atoms with van der Waals surface area (Å²) in [4.78, 5) is 12.4. The smallest absolute Gasteiger partial charge is 0.255 e. The van der Waals surface area contributed by atoms with Gasteiger partial charge in [-0.15, -0.1) is 0 Å². The number of amides is 1. The van der Waals surface area contributed by atoms with E-state index in [1.54, 1.807) is 6.07 Å². The lowest BCUT2D eigenvalue weighted by molar-refractivity contribution is 0.0933. The first-order valence-electron chi connectivity index (χ1n) is 7.04. The summed E-state index contributed by atoms with van der Waals surface area (Å²) in [5.41, 5.74) is 1.76. The average Bonchev–Trinajstić information content (AvgIpc) is 2.78. The van der Waals surface area contributed by atoms with Gasteiger partial charge in [0.05, 0.1) is 11.6 Å². The molecule has 0 aliphatic heterocycles. The molecule has 0 spiro atoms. The van der Waals surface area contributed by atoms with Gasteiger partial charge in [-0.3, -0.25) is 4.79 Å². The summed E-state index contributed by atoms with van der Waals surface area (Å²) in [6, 6.07) is 11.9. The number of aryl methyl sites for hydroxylation is 2. The van der Waals surface area contributed by atoms with Crippen molar-refractivity contribution >= 4 is 5.91 Å². The molecule has 0 saturated carbocycles. The molecule has 1 amide bonds. The Balaban J connectivity index is 2.16. The third-order valence-corrected chi connectivity index (χ3v) is 3.37. The molecule has 1 atom stereocenters. The maximum atomic E-state index is 12.4. The van der Waals surface area contributed by atoms with Gasteiger partial charge in [0.25, 0.3) is 5.91 Å². The van der Waals surface area contributed by atoms with E-state index in [9.17, 15) is 4.79 Å². The second-order valence-electron chi connectivity index (χ2n) is 5.05. The monoisotopic (exact) mass is 271 g/mol. The van der Waals surface area contributed by atoms with Crippen LogP contribution in [0.5, 0.6) is 0 Å². The number of benzene rings is 1. The third-order valence-electron chi connectivity index (χ3n) is 3.37. The van der Waals surface area contributed by atoms with E-state index in [1.165, 1.54) is 0 Å². The van der Waals surface area contributed by atoms with Gasteiger partial charge in [0.1, 0.15) is 11.5 Å². The van der Waals surface area contributed by atoms with Crippen LogP contribution < -0.4 is 5.32 Å². The van der Waals surface area contributed by atoms with Crippen LogP contribution >= 0.6 is 0 Å². The molecule has 1 N–H and O–H groups in total. The van der Waals surface area contributed by atoms with Crippen LogP contribution in [0.4, 0.5) is 0 Å². The van der Waals surface area contributed by atoms with Gasteiger partial charge in [0.15, 0.2) is 0 Å². The van der Waals surface area contributed by atoms with E-state index in [0.717, 1.165) is 24.2 Å². The van der Waals surface area contributed by atoms with Crippen molar-refractivity contribution < 1.29 is 9.21 Å². The maximum Gasteiger partial charge on any atom is 0.255 e. The molecule has 20 heavy (non-hydrogen) atoms. The largest absolute Gasteiger partial charge is 0.466 e. The summed E-state index contributed by atoms with van der Waals surface area (Å²) >= 11 is 0. The Morgan fingerprint density at radius 1 is 1.25 bits per heavy atom. The standard InChI is InChI=1S/C17H21NO2/c1-4-8-16(14-9-6-5-7-10-14)18-17(19)15-11-12(2)20-13(15)3/h5-7,9-11,16H,4,8H2,1-3H3,(H,18,19)/t16-/m0/s1. The number of nitrogens with one attached hydrogen (secondary N) is 1. The molecule has 0 fully saturated rings. The van der Waals surface area contributed by atoms with Crippen molar-refractivity contribution in [2.45, 2.75) is 39.7 Å². The number of carbonyl (C=O) groups is 1. The van der Waals surface area contributed by atoms with E-state index in [-0.39, 0.29) is 11.9 Å². The first-order chi connectivity index (χ1) is 9.61. The van der Waals surface area contributed by atoms with Crippen LogP contribution in [0.2, 0.25) is 0 Å². The molecule has 0 aliphatic rings. The molecule has 1 aromatic heterocycles. The Morgan fingerprint density at radius 2 is 1.95 bits per heavy atom. The molecule has 0 aliphatic carbocycles. The van der Waals surface area contributed by atoms with Crippen molar-refractivity contribution in [2.75, 3.05) is 0 Å². The number of furan rings is 1. The highest BCUT2D eigenvalue weighted by molar-refractivity contribution is 5.95. The zero-order valence-corrected chi connectivity index (χ0v) is 12.3. The summed E-state index contributed by atoms with van der Waals surface area (Å²) in [7, 11) is 0. The molecule has 3 nitrogen and oxygen atoms in total. The van der Waals surface area contributed by atoms with Crippen LogP contribution in [0.15, 0.2) is 40.8 Å². The predicted molar refractivity (Wildman–Crippen MR) is 79.7 cm³/mol. The second-order valence-corrected chi connectivity index (χ2v) is 5.05. The first kappa shape index (κ1) is 14.4. The zero-order valence-electron chi connectivity index (χ0n) is 12.3. The molecule has 0 bridgehead atoms. The highest BCUT2D eigenvalue weighted by atomic mass is 16.3. The lowest BCUT2D eigenvalue weighted by Gasteiger charge is -2.18. The Bertz CT molecular complexity index is 572. The first-order valence-corrected chi connectivity index (χ1v) is 7.04. The molecular weight excluding hydrogens is 250 g/mol. The summed E-state index contributed by atoms with van der Waals surface area (Å²) in [5, 5.41) is 3.11. The van der Waals surface area contributed by atoms with E-state index in [0.29, 0.717) is 11.3 Å². The molecule has 1 aromatic carbocycles. The van der Waals surface area contributed by atoms with Gasteiger partial charge in [0, 0.05) is 0 Å². The maximum absolute atomic E-state index is 12.4. The normalized spacial score (nSPS) is 12.2. The van der Waals surface area contributed by atoms with Crippen molar-refractivity contribution in [1.29, 1.82) is 0 Å². The van der Waals surface area contributed by atoms with Crippen LogP contribution in [-0.2, 0) is 0 Å². The second kappa shape index (κ2) is 6.42. The molecule has 0 unspecified atom stereocenters. The van der Waals surface area contributed by atoms with Gasteiger partial charge < -0.3 is 9.73 Å². The molecule has 0 saturated heterocycles. The van der Waals surface area contributed by atoms with E-state index < -0.39 is 0 Å². The van der Waals surface area contributed by atoms with Crippen molar-refractivity contribution in [3.05, 3.63) is 59.0 Å². The van der Waals surface area contributed by atoms with E-state index in [4.69, 9.17) is 4.42 Å². The Labute approximate surface area is 120 Å². The minimum absolute atomic E-state index is 0.0447. The number of rotatable bonds is 5. The van der Waals surface area contributed by atoms with Gasteiger partial charge in [-0.25, -0.2) is 0 Å². The summed E-state index contributed by atoms with van der Waals surface area (Å²) in [6.07, 6.45) is 1.94. The highest BCUT2D eigenvalue weighted by Crippen LogP contribution is 2.20. The molecule has 3 heteroatoms. The zero-order chi connectivity index (χ0) is 14.5. The van der Waals surface area contributed by atoms with Gasteiger partial charge in [-0.1, -0.05) is 43.7 Å². The SMILES string of the molecule is CCC[C@H](NC(=O)c1cc(C)oc1C)c1ccccc1. The van der Waals surface area contributed by atoms with Gasteiger partial charge in [-0.2, -0.15) is 0 Å². The van der Waals surface area contributed by atoms with Crippen molar-refractivity contribution in [2.24, 2.45) is 0 Å². The quantitative estimate of drug-likeness (QED) is 0.887. The van der Waals surface area contributed by atoms with E-state index in [2.05, 4.69) is 12.2 Å². The van der Waals surface area contributed by atoms with Crippen LogP contribution in [0.3, 0.4) is 0 Å².